The van der Waals surface area contributed by atoms with Gasteiger partial charge in [0.25, 0.3) is 0 Å². The van der Waals surface area contributed by atoms with Gasteiger partial charge in [0.15, 0.2) is 0 Å². The van der Waals surface area contributed by atoms with Crippen molar-refractivity contribution in [1.29, 1.82) is 0 Å². The molecule has 5 nitrogen and oxygen atoms in total. The molecule has 0 aromatic rings. The number of nitrogens with two attached hydrogens (primary N) is 1. The molecule has 0 saturated carbocycles. The van der Waals surface area contributed by atoms with Gasteiger partial charge in [0.2, 0.25) is 0 Å². The van der Waals surface area contributed by atoms with Crippen molar-refractivity contribution in [2.75, 3.05) is 26.4 Å². The van der Waals surface area contributed by atoms with Crippen molar-refractivity contribution in [2.24, 2.45) is 16.3 Å². The lowest BCUT2D eigenvalue weighted by molar-refractivity contribution is 0.0509. The number of rotatable bonds is 10. The number of unbranched alkanes of at least 4 members (excludes halogenated alkanes) is 1. The predicted molar refractivity (Wildman–Crippen MR) is 68.4 cm³/mol. The van der Waals surface area contributed by atoms with E-state index in [0.717, 1.165) is 32.5 Å². The maximum atomic E-state index is 8.62. The Kier molecular flexibility index (Phi) is 8.80. The van der Waals surface area contributed by atoms with Gasteiger partial charge in [-0.05, 0) is 19.8 Å². The van der Waals surface area contributed by atoms with Gasteiger partial charge in [0, 0.05) is 18.6 Å². The third-order valence-corrected chi connectivity index (χ3v) is 2.72. The zero-order valence-corrected chi connectivity index (χ0v) is 11.2. The van der Waals surface area contributed by atoms with Crippen molar-refractivity contribution in [1.82, 2.24) is 0 Å². The highest BCUT2D eigenvalue weighted by atomic mass is 16.5. The summed E-state index contributed by atoms with van der Waals surface area (Å²) in [6.07, 6.45) is 2.86. The van der Waals surface area contributed by atoms with Gasteiger partial charge in [0.05, 0.1) is 13.2 Å². The van der Waals surface area contributed by atoms with E-state index in [9.17, 15) is 0 Å². The standard InChI is InChI=1S/C12H26N2O3/c1-4-16-9-10-17-8-6-5-7-12(2,3)11(13)14-15/h15H,4-10H2,1-3H3,(H2,13,14). The second-order valence-corrected chi connectivity index (χ2v) is 4.64. The van der Waals surface area contributed by atoms with Crippen LogP contribution in [0.1, 0.15) is 40.0 Å². The molecule has 102 valence electrons. The van der Waals surface area contributed by atoms with Crippen LogP contribution in [0.4, 0.5) is 0 Å². The van der Waals surface area contributed by atoms with Crippen LogP contribution in [0.15, 0.2) is 5.16 Å². The molecule has 0 saturated heterocycles. The first-order valence-corrected chi connectivity index (χ1v) is 6.18. The number of ether oxygens (including phenoxy) is 2. The molecule has 0 amide bonds. The van der Waals surface area contributed by atoms with Crippen LogP contribution >= 0.6 is 0 Å². The molecule has 0 aliphatic rings. The molecule has 0 aromatic heterocycles. The van der Waals surface area contributed by atoms with Crippen LogP contribution in [0.25, 0.3) is 0 Å². The second kappa shape index (κ2) is 9.24. The summed E-state index contributed by atoms with van der Waals surface area (Å²) in [6.45, 7) is 8.69. The lowest BCUT2D eigenvalue weighted by Crippen LogP contribution is -2.31. The summed E-state index contributed by atoms with van der Waals surface area (Å²) in [5.41, 5.74) is 5.35. The van der Waals surface area contributed by atoms with E-state index in [-0.39, 0.29) is 11.3 Å². The minimum Gasteiger partial charge on any atom is -0.409 e. The fourth-order valence-corrected chi connectivity index (χ4v) is 1.40. The Bertz CT molecular complexity index is 218. The van der Waals surface area contributed by atoms with Gasteiger partial charge in [-0.3, -0.25) is 0 Å². The van der Waals surface area contributed by atoms with E-state index in [1.165, 1.54) is 0 Å². The Balaban J connectivity index is 3.45. The summed E-state index contributed by atoms with van der Waals surface area (Å²) < 4.78 is 10.6. The van der Waals surface area contributed by atoms with Gasteiger partial charge in [-0.15, -0.1) is 0 Å². The summed E-state index contributed by atoms with van der Waals surface area (Å²) in [4.78, 5) is 0. The fraction of sp³-hybridized carbons (Fsp3) is 0.917. The molecule has 0 unspecified atom stereocenters. The van der Waals surface area contributed by atoms with E-state index in [4.69, 9.17) is 20.4 Å². The summed E-state index contributed by atoms with van der Waals surface area (Å²) in [5.74, 6) is 0.287. The van der Waals surface area contributed by atoms with Crippen molar-refractivity contribution in [3.63, 3.8) is 0 Å². The van der Waals surface area contributed by atoms with Crippen molar-refractivity contribution >= 4 is 5.84 Å². The highest BCUT2D eigenvalue weighted by Crippen LogP contribution is 2.23. The average Bonchev–Trinajstić information content (AvgIpc) is 2.31. The molecular formula is C12H26N2O3. The molecule has 0 atom stereocenters. The molecule has 3 N–H and O–H groups in total. The highest BCUT2D eigenvalue weighted by Gasteiger charge is 2.22. The molecule has 0 fully saturated rings. The number of hydrogen-bond donors (Lipinski definition) is 2. The molecule has 0 radical (unpaired) electrons. The normalized spacial score (nSPS) is 13.0. The number of hydrogen-bond acceptors (Lipinski definition) is 4. The van der Waals surface area contributed by atoms with E-state index >= 15 is 0 Å². The quantitative estimate of drug-likeness (QED) is 0.203. The van der Waals surface area contributed by atoms with Gasteiger partial charge < -0.3 is 20.4 Å². The molecular weight excluding hydrogens is 220 g/mol. The Morgan fingerprint density at radius 1 is 1.18 bits per heavy atom. The smallest absolute Gasteiger partial charge is 0.144 e. The van der Waals surface area contributed by atoms with Crippen molar-refractivity contribution < 1.29 is 14.7 Å². The third kappa shape index (κ3) is 7.99. The summed E-state index contributed by atoms with van der Waals surface area (Å²) >= 11 is 0. The van der Waals surface area contributed by atoms with Crippen molar-refractivity contribution in [3.8, 4) is 0 Å². The van der Waals surface area contributed by atoms with E-state index in [0.29, 0.717) is 13.2 Å². The van der Waals surface area contributed by atoms with Crippen LogP contribution in [0.5, 0.6) is 0 Å². The number of oxime groups is 1. The molecule has 0 aromatic carbocycles. The molecule has 0 heterocycles. The monoisotopic (exact) mass is 246 g/mol. The van der Waals surface area contributed by atoms with Crippen LogP contribution in [-0.4, -0.2) is 37.5 Å². The zero-order chi connectivity index (χ0) is 13.1. The van der Waals surface area contributed by atoms with E-state index in [1.807, 2.05) is 20.8 Å². The highest BCUT2D eigenvalue weighted by molar-refractivity contribution is 5.85. The van der Waals surface area contributed by atoms with Gasteiger partial charge in [-0.1, -0.05) is 25.4 Å². The van der Waals surface area contributed by atoms with Crippen molar-refractivity contribution in [3.05, 3.63) is 0 Å². The van der Waals surface area contributed by atoms with E-state index < -0.39 is 0 Å². The Hall–Kier alpha value is -0.810. The molecule has 0 rings (SSSR count). The van der Waals surface area contributed by atoms with Crippen LogP contribution in [0.2, 0.25) is 0 Å². The van der Waals surface area contributed by atoms with Gasteiger partial charge in [-0.25, -0.2) is 0 Å². The SMILES string of the molecule is CCOCCOCCCCC(C)(C)C(N)=NO. The largest absolute Gasteiger partial charge is 0.409 e. The van der Waals surface area contributed by atoms with Gasteiger partial charge in [0.1, 0.15) is 5.84 Å². The molecule has 0 aliphatic heterocycles. The second-order valence-electron chi connectivity index (χ2n) is 4.64. The lowest BCUT2D eigenvalue weighted by atomic mass is 9.86. The van der Waals surface area contributed by atoms with E-state index in [2.05, 4.69) is 5.16 Å². The number of amidine groups is 1. The molecule has 0 aliphatic carbocycles. The van der Waals surface area contributed by atoms with E-state index in [1.54, 1.807) is 0 Å². The van der Waals surface area contributed by atoms with Gasteiger partial charge in [-0.2, -0.15) is 0 Å². The molecule has 5 heteroatoms. The first-order valence-electron chi connectivity index (χ1n) is 6.18. The first-order chi connectivity index (χ1) is 8.04. The maximum absolute atomic E-state index is 8.62. The van der Waals surface area contributed by atoms with Crippen LogP contribution in [0.3, 0.4) is 0 Å². The lowest BCUT2D eigenvalue weighted by Gasteiger charge is -2.22. The van der Waals surface area contributed by atoms with Crippen LogP contribution in [-0.2, 0) is 9.47 Å². The minimum absolute atomic E-state index is 0.250. The molecule has 0 bridgehead atoms. The molecule has 0 spiro atoms. The van der Waals surface area contributed by atoms with Crippen LogP contribution < -0.4 is 5.73 Å². The van der Waals surface area contributed by atoms with Gasteiger partial charge >= 0.3 is 0 Å². The minimum atomic E-state index is -0.250. The topological polar surface area (TPSA) is 77.1 Å². The Morgan fingerprint density at radius 3 is 2.41 bits per heavy atom. The Morgan fingerprint density at radius 2 is 1.82 bits per heavy atom. The first kappa shape index (κ1) is 16.2. The third-order valence-electron chi connectivity index (χ3n) is 2.72. The average molecular weight is 246 g/mol. The zero-order valence-electron chi connectivity index (χ0n) is 11.2. The summed E-state index contributed by atoms with van der Waals surface area (Å²) in [5, 5.41) is 11.7. The Labute approximate surface area is 104 Å². The molecule has 17 heavy (non-hydrogen) atoms. The predicted octanol–water partition coefficient (Wildman–Crippen LogP) is 1.98. The fourth-order valence-electron chi connectivity index (χ4n) is 1.40. The summed E-state index contributed by atoms with van der Waals surface area (Å²) in [7, 11) is 0. The maximum Gasteiger partial charge on any atom is 0.144 e. The summed E-state index contributed by atoms with van der Waals surface area (Å²) in [6, 6.07) is 0. The van der Waals surface area contributed by atoms with Crippen LogP contribution in [0, 0.1) is 5.41 Å². The number of nitrogens with zero attached hydrogens (tertiary/aromatic N) is 1. The van der Waals surface area contributed by atoms with Crippen molar-refractivity contribution in [2.45, 2.75) is 40.0 Å².